The van der Waals surface area contributed by atoms with Crippen LogP contribution in [0.5, 0.6) is 0 Å². The third-order valence-corrected chi connectivity index (χ3v) is 3.41. The highest BCUT2D eigenvalue weighted by atomic mass is 32.2. The molecule has 0 aliphatic rings. The minimum atomic E-state index is -0.645. The quantitative estimate of drug-likeness (QED) is 0.879. The van der Waals surface area contributed by atoms with Crippen molar-refractivity contribution in [3.05, 3.63) is 46.8 Å². The van der Waals surface area contributed by atoms with Crippen molar-refractivity contribution in [1.82, 2.24) is 9.97 Å². The van der Waals surface area contributed by atoms with Crippen LogP contribution in [0.1, 0.15) is 17.0 Å². The minimum Gasteiger partial charge on any atom is -0.326 e. The molecule has 0 unspecified atom stereocenters. The van der Waals surface area contributed by atoms with Crippen LogP contribution in [0.2, 0.25) is 0 Å². The number of halogens is 2. The van der Waals surface area contributed by atoms with Crippen molar-refractivity contribution in [3.63, 3.8) is 0 Å². The molecule has 100 valence electrons. The second-order valence-electron chi connectivity index (χ2n) is 4.13. The summed E-state index contributed by atoms with van der Waals surface area (Å²) < 4.78 is 27.6. The SMILES string of the molecule is Cc1cc(C)nc(Sc2c(F)cc(CN)cc2F)n1. The van der Waals surface area contributed by atoms with E-state index in [1.165, 1.54) is 12.1 Å². The summed E-state index contributed by atoms with van der Waals surface area (Å²) in [4.78, 5) is 8.19. The van der Waals surface area contributed by atoms with Crippen molar-refractivity contribution < 1.29 is 8.78 Å². The summed E-state index contributed by atoms with van der Waals surface area (Å²) in [5, 5.41) is 0.329. The van der Waals surface area contributed by atoms with Crippen LogP contribution in [0.4, 0.5) is 8.78 Å². The number of hydrogen-bond acceptors (Lipinski definition) is 4. The van der Waals surface area contributed by atoms with E-state index in [0.29, 0.717) is 10.7 Å². The minimum absolute atomic E-state index is 0.0961. The zero-order chi connectivity index (χ0) is 14.0. The van der Waals surface area contributed by atoms with Crippen molar-refractivity contribution in [3.8, 4) is 0 Å². The van der Waals surface area contributed by atoms with Crippen molar-refractivity contribution in [2.75, 3.05) is 0 Å². The van der Waals surface area contributed by atoms with Crippen LogP contribution in [0.15, 0.2) is 28.3 Å². The molecule has 6 heteroatoms. The van der Waals surface area contributed by atoms with Crippen LogP contribution in [0.3, 0.4) is 0 Å². The molecule has 2 aromatic rings. The summed E-state index contributed by atoms with van der Waals surface area (Å²) in [6, 6.07) is 4.26. The van der Waals surface area contributed by atoms with Gasteiger partial charge in [0.25, 0.3) is 0 Å². The van der Waals surface area contributed by atoms with E-state index in [-0.39, 0.29) is 11.4 Å². The number of aryl methyl sites for hydroxylation is 2. The average molecular weight is 281 g/mol. The van der Waals surface area contributed by atoms with Gasteiger partial charge in [0.15, 0.2) is 5.16 Å². The number of benzene rings is 1. The van der Waals surface area contributed by atoms with Crippen LogP contribution in [-0.2, 0) is 6.54 Å². The van der Waals surface area contributed by atoms with Gasteiger partial charge in [-0.05, 0) is 49.4 Å². The summed E-state index contributed by atoms with van der Waals surface area (Å²) in [7, 11) is 0. The molecule has 2 rings (SSSR count). The lowest BCUT2D eigenvalue weighted by atomic mass is 10.2. The maximum atomic E-state index is 13.8. The Bertz CT molecular complexity index is 574. The summed E-state index contributed by atoms with van der Waals surface area (Å²) in [6.45, 7) is 3.71. The largest absolute Gasteiger partial charge is 0.326 e. The first-order chi connectivity index (χ1) is 8.99. The predicted octanol–water partition coefficient (Wildman–Crippen LogP) is 2.98. The number of nitrogens with zero attached hydrogens (tertiary/aromatic N) is 2. The molecule has 2 N–H and O–H groups in total. The number of aromatic nitrogens is 2. The van der Waals surface area contributed by atoms with Gasteiger partial charge in [-0.2, -0.15) is 0 Å². The first kappa shape index (κ1) is 13.9. The van der Waals surface area contributed by atoms with Gasteiger partial charge in [-0.3, -0.25) is 0 Å². The maximum Gasteiger partial charge on any atom is 0.193 e. The fourth-order valence-electron chi connectivity index (χ4n) is 1.66. The van der Waals surface area contributed by atoms with Gasteiger partial charge in [0, 0.05) is 17.9 Å². The topological polar surface area (TPSA) is 51.8 Å². The van der Waals surface area contributed by atoms with Gasteiger partial charge in [-0.1, -0.05) is 0 Å². The van der Waals surface area contributed by atoms with Crippen molar-refractivity contribution >= 4 is 11.8 Å². The van der Waals surface area contributed by atoms with Gasteiger partial charge in [0.2, 0.25) is 0 Å². The Hall–Kier alpha value is -1.53. The first-order valence-corrected chi connectivity index (χ1v) is 6.49. The monoisotopic (exact) mass is 281 g/mol. The lowest BCUT2D eigenvalue weighted by Crippen LogP contribution is -2.00. The first-order valence-electron chi connectivity index (χ1n) is 5.67. The fraction of sp³-hybridized carbons (Fsp3) is 0.231. The van der Waals surface area contributed by atoms with Crippen LogP contribution >= 0.6 is 11.8 Å². The Labute approximate surface area is 114 Å². The molecule has 0 saturated carbocycles. The van der Waals surface area contributed by atoms with Crippen molar-refractivity contribution in [2.24, 2.45) is 5.73 Å². The Kier molecular flexibility index (Phi) is 4.11. The molecule has 0 aliphatic carbocycles. The van der Waals surface area contributed by atoms with Gasteiger partial charge in [0.05, 0.1) is 4.90 Å². The molecule has 0 radical (unpaired) electrons. The average Bonchev–Trinajstić information content (AvgIpc) is 2.32. The molecule has 0 saturated heterocycles. The lowest BCUT2D eigenvalue weighted by molar-refractivity contribution is 0.537. The molecule has 1 aromatic heterocycles. The van der Waals surface area contributed by atoms with E-state index >= 15 is 0 Å². The molecule has 0 spiro atoms. The van der Waals surface area contributed by atoms with Gasteiger partial charge in [-0.25, -0.2) is 18.7 Å². The zero-order valence-corrected chi connectivity index (χ0v) is 11.4. The summed E-state index contributed by atoms with van der Waals surface area (Å²) in [6.07, 6.45) is 0. The number of hydrogen-bond donors (Lipinski definition) is 1. The molecular formula is C13H13F2N3S. The van der Waals surface area contributed by atoms with E-state index < -0.39 is 11.6 Å². The summed E-state index contributed by atoms with van der Waals surface area (Å²) in [5.41, 5.74) is 7.30. The van der Waals surface area contributed by atoms with E-state index in [9.17, 15) is 8.78 Å². The number of rotatable bonds is 3. The second kappa shape index (κ2) is 5.63. The summed E-state index contributed by atoms with van der Waals surface area (Å²) >= 11 is 0.875. The molecule has 19 heavy (non-hydrogen) atoms. The molecule has 0 fully saturated rings. The normalized spacial score (nSPS) is 10.8. The van der Waals surface area contributed by atoms with E-state index in [0.717, 1.165) is 23.1 Å². The van der Waals surface area contributed by atoms with Crippen LogP contribution in [0, 0.1) is 25.5 Å². The van der Waals surface area contributed by atoms with E-state index in [4.69, 9.17) is 5.73 Å². The Morgan fingerprint density at radius 3 is 2.05 bits per heavy atom. The summed E-state index contributed by atoms with van der Waals surface area (Å²) in [5.74, 6) is -1.29. The highest BCUT2D eigenvalue weighted by Gasteiger charge is 2.14. The molecule has 1 heterocycles. The molecule has 1 aromatic carbocycles. The van der Waals surface area contributed by atoms with E-state index in [2.05, 4.69) is 9.97 Å². The lowest BCUT2D eigenvalue weighted by Gasteiger charge is -2.07. The predicted molar refractivity (Wildman–Crippen MR) is 69.9 cm³/mol. The third-order valence-electron chi connectivity index (χ3n) is 2.45. The van der Waals surface area contributed by atoms with Gasteiger partial charge in [0.1, 0.15) is 11.6 Å². The highest BCUT2D eigenvalue weighted by molar-refractivity contribution is 7.99. The third kappa shape index (κ3) is 3.27. The molecular weight excluding hydrogens is 268 g/mol. The van der Waals surface area contributed by atoms with Crippen molar-refractivity contribution in [2.45, 2.75) is 30.4 Å². The van der Waals surface area contributed by atoms with Crippen molar-refractivity contribution in [1.29, 1.82) is 0 Å². The second-order valence-corrected chi connectivity index (χ2v) is 5.11. The zero-order valence-electron chi connectivity index (χ0n) is 10.6. The van der Waals surface area contributed by atoms with Gasteiger partial charge < -0.3 is 5.73 Å². The van der Waals surface area contributed by atoms with Crippen LogP contribution < -0.4 is 5.73 Å². The smallest absolute Gasteiger partial charge is 0.193 e. The Balaban J connectivity index is 2.38. The van der Waals surface area contributed by atoms with E-state index in [1.54, 1.807) is 6.07 Å². The van der Waals surface area contributed by atoms with Gasteiger partial charge >= 0.3 is 0 Å². The fourth-order valence-corrected chi connectivity index (χ4v) is 2.53. The standard InChI is InChI=1S/C13H13F2N3S/c1-7-3-8(2)18-13(17-7)19-12-10(14)4-9(6-16)5-11(12)15/h3-5H,6,16H2,1-2H3. The molecule has 0 aliphatic heterocycles. The Morgan fingerprint density at radius 2 is 1.58 bits per heavy atom. The molecule has 0 atom stereocenters. The van der Waals surface area contributed by atoms with E-state index in [1.807, 2.05) is 13.8 Å². The molecule has 0 bridgehead atoms. The van der Waals surface area contributed by atoms with Crippen LogP contribution in [-0.4, -0.2) is 9.97 Å². The molecule has 3 nitrogen and oxygen atoms in total. The maximum absolute atomic E-state index is 13.8. The number of nitrogens with two attached hydrogens (primary N) is 1. The van der Waals surface area contributed by atoms with Gasteiger partial charge in [-0.15, -0.1) is 0 Å². The Morgan fingerprint density at radius 1 is 1.05 bits per heavy atom. The molecule has 0 amide bonds. The van der Waals surface area contributed by atoms with Crippen LogP contribution in [0.25, 0.3) is 0 Å². The highest BCUT2D eigenvalue weighted by Crippen LogP contribution is 2.30.